The Labute approximate surface area is 139 Å². The number of nitrogens with one attached hydrogen (secondary N) is 3. The Morgan fingerprint density at radius 3 is 2.30 bits per heavy atom. The van der Waals surface area contributed by atoms with Crippen molar-refractivity contribution < 1.29 is 17.9 Å². The average molecular weight is 350 g/mol. The zero-order valence-corrected chi connectivity index (χ0v) is 15.5. The Kier molecular flexibility index (Phi) is 9.62. The van der Waals surface area contributed by atoms with E-state index >= 15 is 0 Å². The number of carbonyl (C=O) groups excluding carboxylic acids is 1. The van der Waals surface area contributed by atoms with Crippen LogP contribution in [0.5, 0.6) is 0 Å². The first-order valence-electron chi connectivity index (χ1n) is 7.70. The zero-order valence-electron chi connectivity index (χ0n) is 14.7. The number of amides is 1. The van der Waals surface area contributed by atoms with Crippen LogP contribution in [0.4, 0.5) is 4.79 Å². The number of rotatable bonds is 8. The number of aliphatic imine (C=N–C) groups is 1. The van der Waals surface area contributed by atoms with Gasteiger partial charge in [-0.05, 0) is 34.1 Å². The highest BCUT2D eigenvalue weighted by Gasteiger charge is 2.15. The Morgan fingerprint density at radius 2 is 1.78 bits per heavy atom. The van der Waals surface area contributed by atoms with Crippen molar-refractivity contribution in [3.63, 3.8) is 0 Å². The van der Waals surface area contributed by atoms with Gasteiger partial charge in [0, 0.05) is 32.4 Å². The summed E-state index contributed by atoms with van der Waals surface area (Å²) in [6.45, 7) is 9.30. The maximum Gasteiger partial charge on any atom is 0.407 e. The van der Waals surface area contributed by atoms with Crippen molar-refractivity contribution in [2.45, 2.75) is 39.7 Å². The molecule has 0 bridgehead atoms. The van der Waals surface area contributed by atoms with E-state index in [0.717, 1.165) is 0 Å². The largest absolute Gasteiger partial charge is 0.444 e. The molecule has 0 rings (SSSR count). The fourth-order valence-electron chi connectivity index (χ4n) is 1.47. The number of sulfone groups is 1. The van der Waals surface area contributed by atoms with Crippen LogP contribution in [0.25, 0.3) is 0 Å². The molecule has 0 fully saturated rings. The molecule has 0 heterocycles. The van der Waals surface area contributed by atoms with E-state index in [2.05, 4.69) is 20.9 Å². The summed E-state index contributed by atoms with van der Waals surface area (Å²) in [6.07, 6.45) is 1.41. The minimum Gasteiger partial charge on any atom is -0.444 e. The lowest BCUT2D eigenvalue weighted by molar-refractivity contribution is 0.0527. The molecule has 0 unspecified atom stereocenters. The molecule has 0 atom stereocenters. The fraction of sp³-hybridized carbons (Fsp3) is 0.857. The van der Waals surface area contributed by atoms with Gasteiger partial charge in [0.05, 0.1) is 5.75 Å². The van der Waals surface area contributed by atoms with Gasteiger partial charge < -0.3 is 20.7 Å². The second-order valence-corrected chi connectivity index (χ2v) is 8.36. The molecular formula is C14H30N4O4S. The van der Waals surface area contributed by atoms with Crippen molar-refractivity contribution in [2.75, 3.05) is 38.2 Å². The topological polar surface area (TPSA) is 109 Å². The number of carbonyl (C=O) groups is 1. The lowest BCUT2D eigenvalue weighted by Crippen LogP contribution is -2.39. The molecule has 0 aliphatic heterocycles. The van der Waals surface area contributed by atoms with Crippen molar-refractivity contribution in [2.24, 2.45) is 4.99 Å². The van der Waals surface area contributed by atoms with Crippen LogP contribution < -0.4 is 16.0 Å². The summed E-state index contributed by atoms with van der Waals surface area (Å²) < 4.78 is 27.3. The van der Waals surface area contributed by atoms with Gasteiger partial charge in [-0.25, -0.2) is 13.2 Å². The molecule has 0 aliphatic carbocycles. The third kappa shape index (κ3) is 15.2. The molecule has 136 valence electrons. The standard InChI is InChI=1S/C14H30N4O4S/c1-6-15-12(17-10-11-23(5,20)21)16-8-7-9-18-13(19)22-14(2,3)4/h6-11H2,1-5H3,(H,18,19)(H2,15,16,17). The fourth-order valence-corrected chi connectivity index (χ4v) is 1.94. The van der Waals surface area contributed by atoms with Crippen LogP contribution in [0.2, 0.25) is 0 Å². The summed E-state index contributed by atoms with van der Waals surface area (Å²) in [5.74, 6) is 0.617. The zero-order chi connectivity index (χ0) is 17.9. The quantitative estimate of drug-likeness (QED) is 0.334. The third-order valence-corrected chi connectivity index (χ3v) is 3.33. The summed E-state index contributed by atoms with van der Waals surface area (Å²) in [6, 6.07) is 0. The minimum absolute atomic E-state index is 0.0532. The second kappa shape index (κ2) is 10.3. The van der Waals surface area contributed by atoms with Crippen LogP contribution >= 0.6 is 0 Å². The molecule has 3 N–H and O–H groups in total. The van der Waals surface area contributed by atoms with E-state index in [1.165, 1.54) is 6.26 Å². The van der Waals surface area contributed by atoms with E-state index in [4.69, 9.17) is 4.74 Å². The van der Waals surface area contributed by atoms with Crippen LogP contribution in [0.15, 0.2) is 4.99 Å². The highest BCUT2D eigenvalue weighted by atomic mass is 32.2. The number of guanidine groups is 1. The molecule has 0 saturated heterocycles. The van der Waals surface area contributed by atoms with Gasteiger partial charge >= 0.3 is 6.09 Å². The Hall–Kier alpha value is -1.51. The molecule has 9 heteroatoms. The highest BCUT2D eigenvalue weighted by Crippen LogP contribution is 2.06. The molecule has 0 saturated carbocycles. The van der Waals surface area contributed by atoms with E-state index in [0.29, 0.717) is 38.6 Å². The molecular weight excluding hydrogens is 320 g/mol. The predicted octanol–water partition coefficient (Wildman–Crippen LogP) is 0.501. The van der Waals surface area contributed by atoms with E-state index in [1.807, 2.05) is 27.7 Å². The molecule has 23 heavy (non-hydrogen) atoms. The molecule has 0 radical (unpaired) electrons. The van der Waals surface area contributed by atoms with Gasteiger partial charge in [0.15, 0.2) is 5.96 Å². The molecule has 1 amide bonds. The first-order chi connectivity index (χ1) is 10.5. The Morgan fingerprint density at radius 1 is 1.13 bits per heavy atom. The SMILES string of the molecule is CCNC(=NCCCNC(=O)OC(C)(C)C)NCCS(C)(=O)=O. The smallest absolute Gasteiger partial charge is 0.407 e. The number of ether oxygens (including phenoxy) is 1. The number of hydrogen-bond acceptors (Lipinski definition) is 5. The highest BCUT2D eigenvalue weighted by molar-refractivity contribution is 7.90. The molecule has 0 aliphatic rings. The minimum atomic E-state index is -3.00. The average Bonchev–Trinajstić information content (AvgIpc) is 2.34. The number of nitrogens with zero attached hydrogens (tertiary/aromatic N) is 1. The van der Waals surface area contributed by atoms with Gasteiger partial charge in [-0.15, -0.1) is 0 Å². The lowest BCUT2D eigenvalue weighted by Gasteiger charge is -2.19. The Balaban J connectivity index is 4.04. The van der Waals surface area contributed by atoms with Crippen LogP contribution in [0, 0.1) is 0 Å². The lowest BCUT2D eigenvalue weighted by atomic mass is 10.2. The summed E-state index contributed by atoms with van der Waals surface area (Å²) in [5.41, 5.74) is -0.510. The summed E-state index contributed by atoms with van der Waals surface area (Å²) >= 11 is 0. The van der Waals surface area contributed by atoms with Crippen LogP contribution in [-0.2, 0) is 14.6 Å². The molecule has 0 aromatic rings. The maximum absolute atomic E-state index is 11.4. The molecule has 8 nitrogen and oxygen atoms in total. The van der Waals surface area contributed by atoms with Gasteiger partial charge in [-0.2, -0.15) is 0 Å². The monoisotopic (exact) mass is 350 g/mol. The first kappa shape index (κ1) is 21.5. The van der Waals surface area contributed by atoms with Crippen molar-refractivity contribution in [1.82, 2.24) is 16.0 Å². The summed E-state index contributed by atoms with van der Waals surface area (Å²) in [5, 5.41) is 8.64. The summed E-state index contributed by atoms with van der Waals surface area (Å²) in [4.78, 5) is 15.8. The normalized spacial score (nSPS) is 12.7. The first-order valence-corrected chi connectivity index (χ1v) is 9.76. The molecule has 0 spiro atoms. The van der Waals surface area contributed by atoms with E-state index in [9.17, 15) is 13.2 Å². The van der Waals surface area contributed by atoms with Gasteiger partial charge in [-0.3, -0.25) is 4.99 Å². The van der Waals surface area contributed by atoms with Gasteiger partial charge in [0.1, 0.15) is 15.4 Å². The second-order valence-electron chi connectivity index (χ2n) is 6.10. The number of hydrogen-bond donors (Lipinski definition) is 3. The molecule has 0 aromatic heterocycles. The maximum atomic E-state index is 11.4. The molecule has 0 aromatic carbocycles. The summed E-state index contributed by atoms with van der Waals surface area (Å²) in [7, 11) is -3.00. The van der Waals surface area contributed by atoms with Gasteiger partial charge in [0.2, 0.25) is 0 Å². The van der Waals surface area contributed by atoms with Crippen molar-refractivity contribution >= 4 is 21.9 Å². The van der Waals surface area contributed by atoms with E-state index in [1.54, 1.807) is 0 Å². The predicted molar refractivity (Wildman–Crippen MR) is 92.5 cm³/mol. The van der Waals surface area contributed by atoms with E-state index < -0.39 is 21.5 Å². The Bertz CT molecular complexity index is 483. The van der Waals surface area contributed by atoms with Gasteiger partial charge in [0.25, 0.3) is 0 Å². The number of alkyl carbamates (subject to hydrolysis) is 1. The van der Waals surface area contributed by atoms with Crippen LogP contribution in [0.1, 0.15) is 34.1 Å². The van der Waals surface area contributed by atoms with Crippen molar-refractivity contribution in [3.8, 4) is 0 Å². The van der Waals surface area contributed by atoms with Gasteiger partial charge in [-0.1, -0.05) is 0 Å². The van der Waals surface area contributed by atoms with Crippen LogP contribution in [-0.4, -0.2) is 64.3 Å². The van der Waals surface area contributed by atoms with Crippen LogP contribution in [0.3, 0.4) is 0 Å². The van der Waals surface area contributed by atoms with Crippen molar-refractivity contribution in [3.05, 3.63) is 0 Å². The third-order valence-electron chi connectivity index (χ3n) is 2.38. The van der Waals surface area contributed by atoms with E-state index in [-0.39, 0.29) is 5.75 Å². The van der Waals surface area contributed by atoms with Crippen molar-refractivity contribution in [1.29, 1.82) is 0 Å².